The van der Waals surface area contributed by atoms with E-state index in [9.17, 15) is 5.11 Å². The van der Waals surface area contributed by atoms with Gasteiger partial charge >= 0.3 is 0 Å². The second-order valence-electron chi connectivity index (χ2n) is 4.78. The van der Waals surface area contributed by atoms with E-state index in [0.717, 1.165) is 34.9 Å². The fraction of sp³-hybridized carbons (Fsp3) is 0.500. The van der Waals surface area contributed by atoms with Crippen molar-refractivity contribution >= 4 is 33.0 Å². The molecule has 0 fully saturated rings. The van der Waals surface area contributed by atoms with Crippen molar-refractivity contribution in [3.63, 3.8) is 0 Å². The molecular formula is C14H18BrClN2O. The van der Waals surface area contributed by atoms with Gasteiger partial charge in [0.1, 0.15) is 0 Å². The number of fused-ring (bicyclic) bond motifs is 1. The van der Waals surface area contributed by atoms with Crippen LogP contribution >= 0.6 is 27.5 Å². The van der Waals surface area contributed by atoms with E-state index in [1.54, 1.807) is 12.5 Å². The molecule has 0 spiro atoms. The molecule has 2 heterocycles. The molecule has 5 heteroatoms. The number of aliphatic hydroxyl groups is 1. The highest BCUT2D eigenvalue weighted by atomic mass is 79.9. The maximum absolute atomic E-state index is 10.7. The molecule has 0 saturated heterocycles. The summed E-state index contributed by atoms with van der Waals surface area (Å²) in [5, 5.41) is 11.2. The highest BCUT2D eigenvalue weighted by Crippen LogP contribution is 2.37. The lowest BCUT2D eigenvalue weighted by molar-refractivity contribution is 0.0948. The lowest BCUT2D eigenvalue weighted by Crippen LogP contribution is -2.15. The van der Waals surface area contributed by atoms with Crippen molar-refractivity contribution in [1.82, 2.24) is 9.38 Å². The summed E-state index contributed by atoms with van der Waals surface area (Å²) in [4.78, 5) is 4.13. The lowest BCUT2D eigenvalue weighted by atomic mass is 9.92. The number of nitrogens with zero attached hydrogens (tertiary/aromatic N) is 2. The third kappa shape index (κ3) is 2.81. The molecule has 1 N–H and O–H groups in total. The van der Waals surface area contributed by atoms with Crippen molar-refractivity contribution in [2.24, 2.45) is 5.92 Å². The fourth-order valence-electron chi connectivity index (χ4n) is 2.49. The summed E-state index contributed by atoms with van der Waals surface area (Å²) in [7, 11) is 0. The predicted octanol–water partition coefficient (Wildman–Crippen LogP) is 4.61. The summed E-state index contributed by atoms with van der Waals surface area (Å²) >= 11 is 9.82. The largest absolute Gasteiger partial charge is 0.387 e. The minimum Gasteiger partial charge on any atom is -0.387 e. The number of imidazole rings is 1. The van der Waals surface area contributed by atoms with Crippen molar-refractivity contribution < 1.29 is 5.11 Å². The molecule has 0 radical (unpaired) electrons. The molecule has 0 saturated carbocycles. The Bertz CT molecular complexity index is 570. The molecule has 0 aliphatic heterocycles. The second-order valence-corrected chi connectivity index (χ2v) is 6.01. The topological polar surface area (TPSA) is 37.5 Å². The van der Waals surface area contributed by atoms with Crippen LogP contribution in [-0.4, -0.2) is 14.5 Å². The Hall–Kier alpha value is -0.580. The van der Waals surface area contributed by atoms with E-state index < -0.39 is 6.10 Å². The summed E-state index contributed by atoms with van der Waals surface area (Å²) in [5.41, 5.74) is 1.65. The van der Waals surface area contributed by atoms with Gasteiger partial charge in [-0.2, -0.15) is 0 Å². The molecule has 2 atom stereocenters. The van der Waals surface area contributed by atoms with E-state index in [2.05, 4.69) is 34.8 Å². The van der Waals surface area contributed by atoms with Gasteiger partial charge in [-0.25, -0.2) is 4.98 Å². The first-order valence-corrected chi connectivity index (χ1v) is 7.75. The smallest absolute Gasteiger partial charge is 0.0995 e. The normalized spacial score (nSPS) is 14.8. The molecule has 2 aromatic heterocycles. The van der Waals surface area contributed by atoms with E-state index in [1.807, 2.05) is 10.5 Å². The van der Waals surface area contributed by atoms with Crippen LogP contribution in [0.25, 0.3) is 5.52 Å². The summed E-state index contributed by atoms with van der Waals surface area (Å²) in [6.45, 7) is 4.23. The van der Waals surface area contributed by atoms with Gasteiger partial charge < -0.3 is 5.11 Å². The monoisotopic (exact) mass is 344 g/mol. The average molecular weight is 346 g/mol. The SMILES string of the molecule is CCCC(CC)C(O)c1c(Cl)c(Br)cc2cncn12. The molecule has 19 heavy (non-hydrogen) atoms. The first-order valence-electron chi connectivity index (χ1n) is 6.58. The van der Waals surface area contributed by atoms with Crippen LogP contribution in [0.15, 0.2) is 23.1 Å². The van der Waals surface area contributed by atoms with Gasteiger partial charge in [-0.15, -0.1) is 0 Å². The number of hydrogen-bond acceptors (Lipinski definition) is 2. The van der Waals surface area contributed by atoms with Crippen molar-refractivity contribution in [2.45, 2.75) is 39.2 Å². The summed E-state index contributed by atoms with van der Waals surface area (Å²) in [6.07, 6.45) is 5.84. The highest BCUT2D eigenvalue weighted by molar-refractivity contribution is 9.10. The number of aliphatic hydroxyl groups excluding tert-OH is 1. The van der Waals surface area contributed by atoms with Crippen molar-refractivity contribution in [3.8, 4) is 0 Å². The third-order valence-corrected chi connectivity index (χ3v) is 4.80. The Morgan fingerprint density at radius 2 is 2.21 bits per heavy atom. The summed E-state index contributed by atoms with van der Waals surface area (Å²) < 4.78 is 2.67. The van der Waals surface area contributed by atoms with Crippen molar-refractivity contribution in [2.75, 3.05) is 0 Å². The molecule has 2 rings (SSSR count). The van der Waals surface area contributed by atoms with E-state index in [1.165, 1.54) is 0 Å². The highest BCUT2D eigenvalue weighted by Gasteiger charge is 2.24. The van der Waals surface area contributed by atoms with Crippen LogP contribution in [0, 0.1) is 5.92 Å². The molecule has 0 aromatic carbocycles. The number of hydrogen-bond donors (Lipinski definition) is 1. The quantitative estimate of drug-likeness (QED) is 0.859. The molecule has 0 amide bonds. The maximum Gasteiger partial charge on any atom is 0.0995 e. The van der Waals surface area contributed by atoms with Gasteiger partial charge in [-0.3, -0.25) is 4.40 Å². The van der Waals surface area contributed by atoms with Crippen LogP contribution in [0.1, 0.15) is 44.9 Å². The minimum absolute atomic E-state index is 0.211. The molecule has 0 bridgehead atoms. The Kier molecular flexibility index (Phi) is 4.87. The Labute approximate surface area is 126 Å². The predicted molar refractivity (Wildman–Crippen MR) is 81.6 cm³/mol. The minimum atomic E-state index is -0.577. The van der Waals surface area contributed by atoms with Gasteiger partial charge in [0, 0.05) is 4.47 Å². The van der Waals surface area contributed by atoms with Crippen molar-refractivity contribution in [3.05, 3.63) is 33.8 Å². The molecule has 0 aliphatic rings. The molecule has 0 aliphatic carbocycles. The Balaban J connectivity index is 2.53. The molecule has 104 valence electrons. The van der Waals surface area contributed by atoms with E-state index in [-0.39, 0.29) is 5.92 Å². The van der Waals surface area contributed by atoms with Gasteiger partial charge in [0.25, 0.3) is 0 Å². The van der Waals surface area contributed by atoms with Gasteiger partial charge in [0.15, 0.2) is 0 Å². The molecular weight excluding hydrogens is 328 g/mol. The number of aromatic nitrogens is 2. The molecule has 3 nitrogen and oxygen atoms in total. The van der Waals surface area contributed by atoms with Gasteiger partial charge in [-0.05, 0) is 34.3 Å². The van der Waals surface area contributed by atoms with Crippen LogP contribution < -0.4 is 0 Å². The Morgan fingerprint density at radius 3 is 2.84 bits per heavy atom. The van der Waals surface area contributed by atoms with E-state index in [0.29, 0.717) is 5.02 Å². The van der Waals surface area contributed by atoms with Gasteiger partial charge in [0.05, 0.1) is 34.9 Å². The number of halogens is 2. The van der Waals surface area contributed by atoms with E-state index in [4.69, 9.17) is 11.6 Å². The average Bonchev–Trinajstić information content (AvgIpc) is 2.84. The zero-order chi connectivity index (χ0) is 14.0. The first kappa shape index (κ1) is 14.8. The maximum atomic E-state index is 10.7. The van der Waals surface area contributed by atoms with Crippen LogP contribution in [0.2, 0.25) is 5.02 Å². The zero-order valence-corrected chi connectivity index (χ0v) is 13.4. The van der Waals surface area contributed by atoms with Crippen LogP contribution in [0.4, 0.5) is 0 Å². The van der Waals surface area contributed by atoms with E-state index >= 15 is 0 Å². The molecule has 2 unspecified atom stereocenters. The second kappa shape index (κ2) is 6.25. The summed E-state index contributed by atoms with van der Waals surface area (Å²) in [6, 6.07) is 1.91. The zero-order valence-electron chi connectivity index (χ0n) is 11.1. The van der Waals surface area contributed by atoms with Gasteiger partial charge in [0.2, 0.25) is 0 Å². The van der Waals surface area contributed by atoms with Gasteiger partial charge in [-0.1, -0.05) is 38.3 Å². The van der Waals surface area contributed by atoms with Crippen LogP contribution in [0.3, 0.4) is 0 Å². The Morgan fingerprint density at radius 1 is 1.47 bits per heavy atom. The van der Waals surface area contributed by atoms with Crippen molar-refractivity contribution in [1.29, 1.82) is 0 Å². The lowest BCUT2D eigenvalue weighted by Gasteiger charge is -2.23. The first-order chi connectivity index (χ1) is 9.10. The standard InChI is InChI=1S/C14H18BrClN2O/c1-3-5-9(4-2)14(19)13-12(16)11(15)6-10-7-17-8-18(10)13/h6-9,14,19H,3-5H2,1-2H3. The number of pyridine rings is 1. The third-order valence-electron chi connectivity index (χ3n) is 3.55. The number of rotatable bonds is 5. The fourth-order valence-corrected chi connectivity index (χ4v) is 3.18. The molecule has 2 aromatic rings. The van der Waals surface area contributed by atoms with Crippen LogP contribution in [-0.2, 0) is 0 Å². The summed E-state index contributed by atoms with van der Waals surface area (Å²) in [5.74, 6) is 0.211. The van der Waals surface area contributed by atoms with Crippen LogP contribution in [0.5, 0.6) is 0 Å².